The van der Waals surface area contributed by atoms with Gasteiger partial charge in [0.2, 0.25) is 5.91 Å². The summed E-state index contributed by atoms with van der Waals surface area (Å²) in [5.74, 6) is -0.518. The average Bonchev–Trinajstić information content (AvgIpc) is 2.28. The molecule has 0 aromatic carbocycles. The van der Waals surface area contributed by atoms with Gasteiger partial charge in [0.25, 0.3) is 0 Å². The van der Waals surface area contributed by atoms with Crippen LogP contribution in [0.4, 0.5) is 0 Å². The van der Waals surface area contributed by atoms with Crippen LogP contribution in [0.3, 0.4) is 0 Å². The number of carbonyl (C=O) groups is 2. The predicted molar refractivity (Wildman–Crippen MR) is 67.2 cm³/mol. The zero-order valence-corrected chi connectivity index (χ0v) is 11.2. The normalized spacial score (nSPS) is 21.3. The third-order valence-corrected chi connectivity index (χ3v) is 3.26. The molecule has 0 radical (unpaired) electrons. The first-order valence-corrected chi connectivity index (χ1v) is 6.52. The molecule has 5 heteroatoms. The number of nitrogens with zero attached hydrogens (tertiary/aromatic N) is 1. The van der Waals surface area contributed by atoms with Gasteiger partial charge in [-0.05, 0) is 24.7 Å². The predicted octanol–water partition coefficient (Wildman–Crippen LogP) is 1.37. The number of carboxylic acid groups (broad SMARTS) is 1. The number of carboxylic acids is 1. The molecule has 0 bridgehead atoms. The molecule has 0 aromatic heterocycles. The van der Waals surface area contributed by atoms with E-state index in [1.54, 1.807) is 18.9 Å². The van der Waals surface area contributed by atoms with Gasteiger partial charge in [-0.3, -0.25) is 9.59 Å². The molecule has 5 nitrogen and oxygen atoms in total. The van der Waals surface area contributed by atoms with Crippen molar-refractivity contribution in [1.29, 1.82) is 0 Å². The zero-order valence-electron chi connectivity index (χ0n) is 11.2. The van der Waals surface area contributed by atoms with Gasteiger partial charge in [-0.2, -0.15) is 0 Å². The van der Waals surface area contributed by atoms with Gasteiger partial charge in [-0.25, -0.2) is 0 Å². The van der Waals surface area contributed by atoms with E-state index in [9.17, 15) is 9.59 Å². The van der Waals surface area contributed by atoms with Crippen LogP contribution in [-0.2, 0) is 14.3 Å². The highest BCUT2D eigenvalue weighted by Gasteiger charge is 2.20. The number of aliphatic carboxylic acids is 1. The molecule has 0 spiro atoms. The van der Waals surface area contributed by atoms with Crippen molar-refractivity contribution in [2.75, 3.05) is 26.8 Å². The van der Waals surface area contributed by atoms with Crippen LogP contribution in [0.5, 0.6) is 0 Å². The van der Waals surface area contributed by atoms with Gasteiger partial charge >= 0.3 is 5.97 Å². The zero-order chi connectivity index (χ0) is 13.5. The van der Waals surface area contributed by atoms with Crippen molar-refractivity contribution in [2.45, 2.75) is 32.6 Å². The third-order valence-electron chi connectivity index (χ3n) is 3.26. The first kappa shape index (κ1) is 15.0. The van der Waals surface area contributed by atoms with Gasteiger partial charge in [0.15, 0.2) is 0 Å². The second-order valence-electron chi connectivity index (χ2n) is 5.26. The van der Waals surface area contributed by atoms with Gasteiger partial charge in [0.1, 0.15) is 0 Å². The summed E-state index contributed by atoms with van der Waals surface area (Å²) in [4.78, 5) is 24.1. The van der Waals surface area contributed by atoms with Crippen LogP contribution in [0.15, 0.2) is 0 Å². The van der Waals surface area contributed by atoms with Crippen molar-refractivity contribution in [3.05, 3.63) is 0 Å². The van der Waals surface area contributed by atoms with E-state index in [0.29, 0.717) is 18.9 Å². The minimum atomic E-state index is -0.848. The number of ether oxygens (including phenoxy) is 1. The molecule has 1 amide bonds. The molecular formula is C13H23NO4. The molecule has 2 unspecified atom stereocenters. The highest BCUT2D eigenvalue weighted by Crippen LogP contribution is 2.16. The van der Waals surface area contributed by atoms with Gasteiger partial charge in [0.05, 0.1) is 6.61 Å². The fourth-order valence-electron chi connectivity index (χ4n) is 2.26. The lowest BCUT2D eigenvalue weighted by Crippen LogP contribution is -2.35. The van der Waals surface area contributed by atoms with E-state index in [1.807, 2.05) is 0 Å². The monoisotopic (exact) mass is 257 g/mol. The van der Waals surface area contributed by atoms with Gasteiger partial charge < -0.3 is 14.7 Å². The molecule has 1 heterocycles. The SMILES string of the molecule is CC(CC(=O)O)CC(=O)N(C)CC1CCCOC1. The van der Waals surface area contributed by atoms with Crippen LogP contribution in [0.25, 0.3) is 0 Å². The number of hydrogen-bond acceptors (Lipinski definition) is 3. The van der Waals surface area contributed by atoms with Crippen molar-refractivity contribution in [3.8, 4) is 0 Å². The van der Waals surface area contributed by atoms with Crippen LogP contribution < -0.4 is 0 Å². The van der Waals surface area contributed by atoms with Crippen molar-refractivity contribution in [2.24, 2.45) is 11.8 Å². The van der Waals surface area contributed by atoms with E-state index in [1.165, 1.54) is 0 Å². The van der Waals surface area contributed by atoms with E-state index in [4.69, 9.17) is 9.84 Å². The molecule has 18 heavy (non-hydrogen) atoms. The van der Waals surface area contributed by atoms with Crippen LogP contribution >= 0.6 is 0 Å². The first-order valence-electron chi connectivity index (χ1n) is 6.52. The smallest absolute Gasteiger partial charge is 0.303 e. The molecule has 104 valence electrons. The highest BCUT2D eigenvalue weighted by atomic mass is 16.5. The topological polar surface area (TPSA) is 66.8 Å². The minimum Gasteiger partial charge on any atom is -0.481 e. The Balaban J connectivity index is 2.29. The Bertz CT molecular complexity index is 287. The molecular weight excluding hydrogens is 234 g/mol. The van der Waals surface area contributed by atoms with Crippen LogP contribution in [-0.4, -0.2) is 48.7 Å². The molecule has 1 aliphatic heterocycles. The van der Waals surface area contributed by atoms with Crippen molar-refractivity contribution in [3.63, 3.8) is 0 Å². The maximum absolute atomic E-state index is 11.9. The lowest BCUT2D eigenvalue weighted by molar-refractivity contribution is -0.138. The second-order valence-corrected chi connectivity index (χ2v) is 5.26. The number of amides is 1. The van der Waals surface area contributed by atoms with Crippen molar-refractivity contribution in [1.82, 2.24) is 4.90 Å². The summed E-state index contributed by atoms with van der Waals surface area (Å²) < 4.78 is 5.38. The molecule has 1 rings (SSSR count). The van der Waals surface area contributed by atoms with Gasteiger partial charge in [-0.15, -0.1) is 0 Å². The number of rotatable bonds is 6. The maximum atomic E-state index is 11.9. The summed E-state index contributed by atoms with van der Waals surface area (Å²) in [7, 11) is 1.78. The molecule has 0 saturated carbocycles. The average molecular weight is 257 g/mol. The Kier molecular flexibility index (Phi) is 6.12. The second kappa shape index (κ2) is 7.36. The third kappa shape index (κ3) is 5.49. The van der Waals surface area contributed by atoms with Gasteiger partial charge in [-0.1, -0.05) is 6.92 Å². The van der Waals surface area contributed by atoms with E-state index in [0.717, 1.165) is 26.1 Å². The minimum absolute atomic E-state index is 0.0225. The quantitative estimate of drug-likeness (QED) is 0.780. The summed E-state index contributed by atoms with van der Waals surface area (Å²) in [5, 5.41) is 8.66. The standard InChI is InChI=1S/C13H23NO4/c1-10(7-13(16)17)6-12(15)14(2)8-11-4-3-5-18-9-11/h10-11H,3-9H2,1-2H3,(H,16,17). The molecule has 1 N–H and O–H groups in total. The van der Waals surface area contributed by atoms with Crippen molar-refractivity contribution < 1.29 is 19.4 Å². The summed E-state index contributed by atoms with van der Waals surface area (Å²) in [5.41, 5.74) is 0. The largest absolute Gasteiger partial charge is 0.481 e. The Morgan fingerprint density at radius 3 is 2.72 bits per heavy atom. The van der Waals surface area contributed by atoms with E-state index in [-0.39, 0.29) is 18.2 Å². The van der Waals surface area contributed by atoms with Crippen LogP contribution in [0.1, 0.15) is 32.6 Å². The van der Waals surface area contributed by atoms with E-state index >= 15 is 0 Å². The summed E-state index contributed by atoms with van der Waals surface area (Å²) in [6, 6.07) is 0. The molecule has 1 saturated heterocycles. The van der Waals surface area contributed by atoms with Crippen LogP contribution in [0.2, 0.25) is 0 Å². The van der Waals surface area contributed by atoms with Crippen LogP contribution in [0, 0.1) is 11.8 Å². The number of carbonyl (C=O) groups excluding carboxylic acids is 1. The maximum Gasteiger partial charge on any atom is 0.303 e. The molecule has 0 aromatic rings. The molecule has 2 atom stereocenters. The highest BCUT2D eigenvalue weighted by molar-refractivity contribution is 5.77. The van der Waals surface area contributed by atoms with Gasteiger partial charge in [0, 0.05) is 33.0 Å². The molecule has 1 aliphatic rings. The molecule has 1 fully saturated rings. The summed E-state index contributed by atoms with van der Waals surface area (Å²) >= 11 is 0. The first-order chi connectivity index (χ1) is 8.49. The Hall–Kier alpha value is -1.10. The van der Waals surface area contributed by atoms with E-state index < -0.39 is 5.97 Å². The van der Waals surface area contributed by atoms with E-state index in [2.05, 4.69) is 0 Å². The fraction of sp³-hybridized carbons (Fsp3) is 0.846. The molecule has 0 aliphatic carbocycles. The lowest BCUT2D eigenvalue weighted by atomic mass is 10.0. The number of hydrogen-bond donors (Lipinski definition) is 1. The fourth-order valence-corrected chi connectivity index (χ4v) is 2.26. The Morgan fingerprint density at radius 2 is 2.17 bits per heavy atom. The Labute approximate surface area is 108 Å². The lowest BCUT2D eigenvalue weighted by Gasteiger charge is -2.27. The van der Waals surface area contributed by atoms with Crippen molar-refractivity contribution >= 4 is 11.9 Å². The summed E-state index contributed by atoms with van der Waals surface area (Å²) in [6.07, 6.45) is 2.51. The summed E-state index contributed by atoms with van der Waals surface area (Å²) in [6.45, 7) is 4.05. The Morgan fingerprint density at radius 1 is 1.44 bits per heavy atom.